The van der Waals surface area contributed by atoms with Gasteiger partial charge in [0.15, 0.2) is 0 Å². The number of rotatable bonds is 0. The van der Waals surface area contributed by atoms with E-state index < -0.39 is 0 Å². The summed E-state index contributed by atoms with van der Waals surface area (Å²) in [7, 11) is 0. The van der Waals surface area contributed by atoms with Crippen molar-refractivity contribution in [3.8, 4) is 0 Å². The van der Waals surface area contributed by atoms with Gasteiger partial charge in [0.2, 0.25) is 0 Å². The predicted molar refractivity (Wildman–Crippen MR) is 97.7 cm³/mol. The van der Waals surface area contributed by atoms with E-state index in [4.69, 9.17) is 0 Å². The van der Waals surface area contributed by atoms with Crippen LogP contribution in [0.2, 0.25) is 0 Å². The first kappa shape index (κ1) is 15.6. The molecule has 0 saturated carbocycles. The van der Waals surface area contributed by atoms with E-state index in [9.17, 15) is 0 Å². The van der Waals surface area contributed by atoms with Crippen LogP contribution < -0.4 is 0 Å². The third-order valence-corrected chi connectivity index (χ3v) is 3.96. The molecule has 0 amide bonds. The molecule has 0 aliphatic carbocycles. The topological polar surface area (TPSA) is 57.4 Å². The van der Waals surface area contributed by atoms with E-state index in [-0.39, 0.29) is 17.1 Å². The molecule has 0 saturated heterocycles. The van der Waals surface area contributed by atoms with Crippen LogP contribution in [0.1, 0.15) is 22.8 Å². The van der Waals surface area contributed by atoms with Gasteiger partial charge in [0.25, 0.3) is 0 Å². The van der Waals surface area contributed by atoms with Gasteiger partial charge in [0, 0.05) is 11.0 Å². The number of nitrogens with zero attached hydrogens (tertiary/aromatic N) is 2. The molecule has 5 rings (SSSR count). The molecule has 0 atom stereocenters. The maximum Gasteiger partial charge on any atom is 1.00 e. The normalized spacial score (nSPS) is 12.2. The Morgan fingerprint density at radius 3 is 1.52 bits per heavy atom. The first-order chi connectivity index (χ1) is 11.8. The average molecular weight is 373 g/mol. The van der Waals surface area contributed by atoms with Crippen LogP contribution in [0.5, 0.6) is 0 Å². The SMILES string of the molecule is [Cu+].[c-]1c2ccc(cc3nc(cc4nc(cc5ccc1[nH]5)C=C4)C=C3)[nH]2. The zero-order valence-electron chi connectivity index (χ0n) is 13.0. The second-order valence-electron chi connectivity index (χ2n) is 5.80. The first-order valence-corrected chi connectivity index (χ1v) is 7.77. The Kier molecular flexibility index (Phi) is 3.88. The Morgan fingerprint density at radius 2 is 1.04 bits per heavy atom. The van der Waals surface area contributed by atoms with Crippen LogP contribution in [0.15, 0.2) is 42.5 Å². The minimum Gasteiger partial charge on any atom is -0.379 e. The molecule has 0 fully saturated rings. The molecule has 5 heteroatoms. The van der Waals surface area contributed by atoms with Crippen molar-refractivity contribution in [2.45, 2.75) is 0 Å². The Morgan fingerprint density at radius 1 is 0.600 bits per heavy atom. The molecular formula is C20H13CuN4. The van der Waals surface area contributed by atoms with Crippen LogP contribution in [0.25, 0.3) is 46.4 Å². The third-order valence-electron chi connectivity index (χ3n) is 3.96. The van der Waals surface area contributed by atoms with Crippen molar-refractivity contribution >= 4 is 46.4 Å². The van der Waals surface area contributed by atoms with Gasteiger partial charge < -0.3 is 9.97 Å². The number of hydrogen-bond donors (Lipinski definition) is 2. The molecule has 0 radical (unpaired) electrons. The van der Waals surface area contributed by atoms with E-state index in [1.54, 1.807) is 0 Å². The van der Waals surface area contributed by atoms with Crippen LogP contribution in [-0.2, 0) is 17.1 Å². The van der Waals surface area contributed by atoms with Crippen LogP contribution >= 0.6 is 0 Å². The van der Waals surface area contributed by atoms with Gasteiger partial charge in [0.05, 0.1) is 22.8 Å². The second kappa shape index (κ2) is 6.20. The van der Waals surface area contributed by atoms with Gasteiger partial charge in [-0.3, -0.25) is 0 Å². The molecule has 2 aliphatic rings. The Balaban J connectivity index is 0.00000157. The molecule has 0 unspecified atom stereocenters. The summed E-state index contributed by atoms with van der Waals surface area (Å²) in [5.74, 6) is 0. The van der Waals surface area contributed by atoms with E-state index in [0.29, 0.717) is 0 Å². The Bertz CT molecular complexity index is 1080. The summed E-state index contributed by atoms with van der Waals surface area (Å²) >= 11 is 0. The summed E-state index contributed by atoms with van der Waals surface area (Å²) in [6, 6.07) is 17.4. The average Bonchev–Trinajstić information content (AvgIpc) is 3.32. The molecule has 5 heterocycles. The van der Waals surface area contributed by atoms with E-state index in [0.717, 1.165) is 44.8 Å². The Hall–Kier alpha value is -2.88. The van der Waals surface area contributed by atoms with Crippen LogP contribution in [0, 0.1) is 6.07 Å². The summed E-state index contributed by atoms with van der Waals surface area (Å²) < 4.78 is 0. The molecule has 3 aromatic rings. The van der Waals surface area contributed by atoms with Crippen molar-refractivity contribution in [1.29, 1.82) is 0 Å². The fourth-order valence-electron chi connectivity index (χ4n) is 2.86. The maximum absolute atomic E-state index is 4.61. The largest absolute Gasteiger partial charge is 1.00 e. The van der Waals surface area contributed by atoms with Crippen molar-refractivity contribution in [3.05, 3.63) is 71.3 Å². The molecule has 2 aliphatic heterocycles. The maximum atomic E-state index is 4.61. The quantitative estimate of drug-likeness (QED) is 0.311. The summed E-state index contributed by atoms with van der Waals surface area (Å²) in [6.07, 6.45) is 8.01. The molecule has 4 nitrogen and oxygen atoms in total. The van der Waals surface area contributed by atoms with Gasteiger partial charge in [-0.05, 0) is 42.5 Å². The number of H-pyrrole nitrogens is 2. The van der Waals surface area contributed by atoms with Crippen LogP contribution in [-0.4, -0.2) is 19.9 Å². The molecule has 3 aromatic heterocycles. The minimum absolute atomic E-state index is 0. The van der Waals surface area contributed by atoms with E-state index in [1.165, 1.54) is 0 Å². The molecule has 0 spiro atoms. The fraction of sp³-hybridized carbons (Fsp3) is 0. The molecule has 0 aromatic carbocycles. The van der Waals surface area contributed by atoms with Crippen molar-refractivity contribution in [2.75, 3.05) is 0 Å². The van der Waals surface area contributed by atoms with Crippen molar-refractivity contribution in [2.24, 2.45) is 0 Å². The second-order valence-corrected chi connectivity index (χ2v) is 5.80. The molecule has 8 bridgehead atoms. The van der Waals surface area contributed by atoms with Gasteiger partial charge in [-0.25, -0.2) is 9.97 Å². The zero-order chi connectivity index (χ0) is 15.9. The minimum atomic E-state index is 0. The number of aromatic amines is 2. The molecule has 124 valence electrons. The van der Waals surface area contributed by atoms with Crippen LogP contribution in [0.3, 0.4) is 0 Å². The van der Waals surface area contributed by atoms with E-state index in [1.807, 2.05) is 66.8 Å². The smallest absolute Gasteiger partial charge is 0.379 e. The van der Waals surface area contributed by atoms with Crippen molar-refractivity contribution < 1.29 is 17.1 Å². The summed E-state index contributed by atoms with van der Waals surface area (Å²) in [5.41, 5.74) is 7.50. The summed E-state index contributed by atoms with van der Waals surface area (Å²) in [4.78, 5) is 15.9. The Labute approximate surface area is 154 Å². The van der Waals surface area contributed by atoms with Crippen molar-refractivity contribution in [3.63, 3.8) is 0 Å². The monoisotopic (exact) mass is 372 g/mol. The number of fused-ring (bicyclic) bond motifs is 8. The summed E-state index contributed by atoms with van der Waals surface area (Å²) in [6.45, 7) is 0. The van der Waals surface area contributed by atoms with Crippen LogP contribution in [0.4, 0.5) is 0 Å². The molecule has 25 heavy (non-hydrogen) atoms. The number of nitrogens with one attached hydrogen (secondary N) is 2. The standard InChI is InChI=1S/C20H13N4.Cu/c1-2-14-10-16-5-6-18(23-16)12-20-8-7-19(24-20)11-17-4-3-15(22-17)9-13(1)21-14;/h1-11,23-24H;/q-1;+1. The fourth-order valence-corrected chi connectivity index (χ4v) is 2.86. The van der Waals surface area contributed by atoms with Crippen molar-refractivity contribution in [1.82, 2.24) is 19.9 Å². The number of hydrogen-bond acceptors (Lipinski definition) is 2. The van der Waals surface area contributed by atoms with E-state index >= 15 is 0 Å². The zero-order valence-corrected chi connectivity index (χ0v) is 14.0. The van der Waals surface area contributed by atoms with Gasteiger partial charge in [0.1, 0.15) is 0 Å². The third kappa shape index (κ3) is 3.20. The molecular weight excluding hydrogens is 360 g/mol. The van der Waals surface area contributed by atoms with Gasteiger partial charge in [-0.15, -0.1) is 18.2 Å². The van der Waals surface area contributed by atoms with E-state index in [2.05, 4.69) is 26.0 Å². The first-order valence-electron chi connectivity index (χ1n) is 7.77. The summed E-state index contributed by atoms with van der Waals surface area (Å²) in [5, 5.41) is 0. The molecule has 2 N–H and O–H groups in total. The predicted octanol–water partition coefficient (Wildman–Crippen LogP) is 4.45. The number of aromatic nitrogens is 4. The van der Waals surface area contributed by atoms with Gasteiger partial charge >= 0.3 is 17.1 Å². The van der Waals surface area contributed by atoms with Gasteiger partial charge in [-0.1, -0.05) is 23.2 Å². The van der Waals surface area contributed by atoms with Gasteiger partial charge in [-0.2, -0.15) is 0 Å².